The standard InChI is InChI=1S/C25H28FN5O/c1-17(2)13-24(32)31-12-4-5-19(16-31)25-29-22(18-8-10-27-11-9-18)15-23(30-25)28-21-7-3-6-20(26)14-21/h3,6-11,14-15,17,19H,4-5,12-13,16H2,1-2H3,(H,28,29,30)/t19-/m1/s1. The topological polar surface area (TPSA) is 71.0 Å². The van der Waals surface area contributed by atoms with Gasteiger partial charge in [0.25, 0.3) is 0 Å². The molecule has 1 atom stereocenters. The summed E-state index contributed by atoms with van der Waals surface area (Å²) >= 11 is 0. The Hall–Kier alpha value is -3.35. The number of aromatic nitrogens is 3. The van der Waals surface area contributed by atoms with E-state index in [1.807, 2.05) is 23.1 Å². The smallest absolute Gasteiger partial charge is 0.222 e. The number of carbonyl (C=O) groups is 1. The third-order valence-electron chi connectivity index (χ3n) is 5.54. The Balaban J connectivity index is 1.65. The summed E-state index contributed by atoms with van der Waals surface area (Å²) in [6, 6.07) is 11.9. The molecule has 0 radical (unpaired) electrons. The first-order chi connectivity index (χ1) is 15.5. The molecule has 0 aliphatic carbocycles. The third kappa shape index (κ3) is 5.46. The molecular weight excluding hydrogens is 405 g/mol. The predicted molar refractivity (Wildman–Crippen MR) is 123 cm³/mol. The van der Waals surface area contributed by atoms with Crippen LogP contribution in [0.15, 0.2) is 54.9 Å². The number of hydrogen-bond donors (Lipinski definition) is 1. The van der Waals surface area contributed by atoms with E-state index >= 15 is 0 Å². The average molecular weight is 434 g/mol. The second kappa shape index (κ2) is 9.85. The van der Waals surface area contributed by atoms with Crippen LogP contribution in [-0.2, 0) is 4.79 Å². The Morgan fingerprint density at radius 3 is 2.75 bits per heavy atom. The highest BCUT2D eigenvalue weighted by Gasteiger charge is 2.27. The minimum Gasteiger partial charge on any atom is -0.342 e. The minimum atomic E-state index is -0.315. The van der Waals surface area contributed by atoms with E-state index < -0.39 is 0 Å². The van der Waals surface area contributed by atoms with E-state index in [1.165, 1.54) is 12.1 Å². The summed E-state index contributed by atoms with van der Waals surface area (Å²) < 4.78 is 13.7. The van der Waals surface area contributed by atoms with E-state index in [9.17, 15) is 9.18 Å². The predicted octanol–water partition coefficient (Wildman–Crippen LogP) is 5.17. The molecule has 3 aromatic rings. The fourth-order valence-electron chi connectivity index (χ4n) is 3.99. The first-order valence-electron chi connectivity index (χ1n) is 11.1. The quantitative estimate of drug-likeness (QED) is 0.580. The van der Waals surface area contributed by atoms with Crippen LogP contribution in [0.3, 0.4) is 0 Å². The number of carbonyl (C=O) groups excluding carboxylic acids is 1. The number of likely N-dealkylation sites (tertiary alicyclic amines) is 1. The van der Waals surface area contributed by atoms with Crippen molar-refractivity contribution in [2.24, 2.45) is 5.92 Å². The zero-order chi connectivity index (χ0) is 22.5. The van der Waals surface area contributed by atoms with Crippen molar-refractivity contribution in [1.82, 2.24) is 19.9 Å². The number of rotatable bonds is 6. The van der Waals surface area contributed by atoms with Gasteiger partial charge in [-0.1, -0.05) is 19.9 Å². The van der Waals surface area contributed by atoms with E-state index in [0.29, 0.717) is 36.2 Å². The van der Waals surface area contributed by atoms with Gasteiger partial charge in [-0.3, -0.25) is 9.78 Å². The van der Waals surface area contributed by atoms with Gasteiger partial charge >= 0.3 is 0 Å². The van der Waals surface area contributed by atoms with E-state index in [2.05, 4.69) is 24.1 Å². The van der Waals surface area contributed by atoms with Gasteiger partial charge in [0, 0.05) is 55.1 Å². The molecule has 1 fully saturated rings. The molecule has 1 aliphatic heterocycles. The molecular formula is C25H28FN5O. The Morgan fingerprint density at radius 2 is 2.00 bits per heavy atom. The van der Waals surface area contributed by atoms with Crippen molar-refractivity contribution in [3.63, 3.8) is 0 Å². The van der Waals surface area contributed by atoms with E-state index in [0.717, 1.165) is 30.6 Å². The molecule has 3 heterocycles. The maximum absolute atomic E-state index is 13.7. The molecule has 1 N–H and O–H groups in total. The number of nitrogens with zero attached hydrogens (tertiary/aromatic N) is 4. The molecule has 1 saturated heterocycles. The van der Waals surface area contributed by atoms with Crippen LogP contribution in [0.25, 0.3) is 11.3 Å². The highest BCUT2D eigenvalue weighted by Crippen LogP contribution is 2.29. The summed E-state index contributed by atoms with van der Waals surface area (Å²) in [6.07, 6.45) is 5.85. The molecule has 7 heteroatoms. The highest BCUT2D eigenvalue weighted by molar-refractivity contribution is 5.76. The zero-order valence-corrected chi connectivity index (χ0v) is 18.5. The Bertz CT molecular complexity index is 1070. The first-order valence-corrected chi connectivity index (χ1v) is 11.1. The van der Waals surface area contributed by atoms with Crippen molar-refractivity contribution in [3.05, 3.63) is 66.5 Å². The molecule has 166 valence electrons. The Morgan fingerprint density at radius 1 is 1.19 bits per heavy atom. The number of piperidine rings is 1. The van der Waals surface area contributed by atoms with Crippen molar-refractivity contribution < 1.29 is 9.18 Å². The fraction of sp³-hybridized carbons (Fsp3) is 0.360. The lowest BCUT2D eigenvalue weighted by Gasteiger charge is -2.32. The number of amides is 1. The van der Waals surface area contributed by atoms with Crippen molar-refractivity contribution >= 4 is 17.4 Å². The lowest BCUT2D eigenvalue weighted by atomic mass is 9.96. The van der Waals surface area contributed by atoms with Crippen molar-refractivity contribution in [1.29, 1.82) is 0 Å². The number of pyridine rings is 1. The maximum Gasteiger partial charge on any atom is 0.222 e. The highest BCUT2D eigenvalue weighted by atomic mass is 19.1. The molecule has 6 nitrogen and oxygen atoms in total. The molecule has 1 aromatic carbocycles. The van der Waals surface area contributed by atoms with Crippen LogP contribution in [0.1, 0.15) is 44.9 Å². The molecule has 32 heavy (non-hydrogen) atoms. The summed E-state index contributed by atoms with van der Waals surface area (Å²) in [5.41, 5.74) is 2.31. The van der Waals surface area contributed by atoms with Gasteiger partial charge < -0.3 is 10.2 Å². The van der Waals surface area contributed by atoms with Gasteiger partial charge in [0.1, 0.15) is 17.5 Å². The van der Waals surface area contributed by atoms with E-state index in [4.69, 9.17) is 9.97 Å². The van der Waals surface area contributed by atoms with Gasteiger partial charge in [-0.2, -0.15) is 0 Å². The molecule has 4 rings (SSSR count). The van der Waals surface area contributed by atoms with Crippen LogP contribution < -0.4 is 5.32 Å². The van der Waals surface area contributed by atoms with Gasteiger partial charge in [0.15, 0.2) is 0 Å². The second-order valence-corrected chi connectivity index (χ2v) is 8.64. The van der Waals surface area contributed by atoms with Crippen LogP contribution in [0.4, 0.5) is 15.9 Å². The summed E-state index contributed by atoms with van der Waals surface area (Å²) in [5.74, 6) is 1.54. The van der Waals surface area contributed by atoms with Gasteiger partial charge in [0.2, 0.25) is 5.91 Å². The second-order valence-electron chi connectivity index (χ2n) is 8.64. The van der Waals surface area contributed by atoms with E-state index in [-0.39, 0.29) is 17.6 Å². The Kier molecular flexibility index (Phi) is 6.73. The van der Waals surface area contributed by atoms with Crippen LogP contribution >= 0.6 is 0 Å². The molecule has 1 amide bonds. The van der Waals surface area contributed by atoms with Crippen molar-refractivity contribution in [3.8, 4) is 11.3 Å². The number of halogens is 1. The molecule has 2 aromatic heterocycles. The summed E-state index contributed by atoms with van der Waals surface area (Å²) in [6.45, 7) is 5.52. The number of benzene rings is 1. The van der Waals surface area contributed by atoms with Crippen LogP contribution in [0.2, 0.25) is 0 Å². The normalized spacial score (nSPS) is 16.2. The Labute approximate surface area is 187 Å². The summed E-state index contributed by atoms with van der Waals surface area (Å²) in [7, 11) is 0. The van der Waals surface area contributed by atoms with Crippen LogP contribution in [0, 0.1) is 11.7 Å². The third-order valence-corrected chi connectivity index (χ3v) is 5.54. The van der Waals surface area contributed by atoms with Gasteiger partial charge in [-0.05, 0) is 49.1 Å². The molecule has 1 aliphatic rings. The van der Waals surface area contributed by atoms with Gasteiger partial charge in [0.05, 0.1) is 5.69 Å². The summed E-state index contributed by atoms with van der Waals surface area (Å²) in [4.78, 5) is 28.3. The molecule has 0 spiro atoms. The van der Waals surface area contributed by atoms with Crippen LogP contribution in [-0.4, -0.2) is 38.8 Å². The molecule has 0 saturated carbocycles. The number of nitrogens with one attached hydrogen (secondary N) is 1. The van der Waals surface area contributed by atoms with Gasteiger partial charge in [-0.15, -0.1) is 0 Å². The molecule has 0 bridgehead atoms. The molecule has 0 unspecified atom stereocenters. The first kappa shape index (κ1) is 21.9. The lowest BCUT2D eigenvalue weighted by Crippen LogP contribution is -2.40. The SMILES string of the molecule is CC(C)CC(=O)N1CCC[C@@H](c2nc(Nc3cccc(F)c3)cc(-c3ccncc3)n2)C1. The number of anilines is 2. The number of hydrogen-bond acceptors (Lipinski definition) is 5. The minimum absolute atomic E-state index is 0.0507. The van der Waals surface area contributed by atoms with Crippen molar-refractivity contribution in [2.45, 2.75) is 39.0 Å². The summed E-state index contributed by atoms with van der Waals surface area (Å²) in [5, 5.41) is 3.21. The van der Waals surface area contributed by atoms with E-state index in [1.54, 1.807) is 24.5 Å². The van der Waals surface area contributed by atoms with Crippen LogP contribution in [0.5, 0.6) is 0 Å². The average Bonchev–Trinajstić information content (AvgIpc) is 2.79. The lowest BCUT2D eigenvalue weighted by molar-refractivity contribution is -0.133. The van der Waals surface area contributed by atoms with Gasteiger partial charge in [-0.25, -0.2) is 14.4 Å². The zero-order valence-electron chi connectivity index (χ0n) is 18.5. The largest absolute Gasteiger partial charge is 0.342 e. The fourth-order valence-corrected chi connectivity index (χ4v) is 3.99. The van der Waals surface area contributed by atoms with Crippen molar-refractivity contribution in [2.75, 3.05) is 18.4 Å². The monoisotopic (exact) mass is 433 g/mol. The maximum atomic E-state index is 13.7.